The Bertz CT molecular complexity index is 717. The molecule has 4 atom stereocenters. The summed E-state index contributed by atoms with van der Waals surface area (Å²) in [7, 11) is 2.18. The highest BCUT2D eigenvalue weighted by molar-refractivity contribution is 5.94. The summed E-state index contributed by atoms with van der Waals surface area (Å²) in [5.74, 6) is 1.20. The zero-order chi connectivity index (χ0) is 17.7. The van der Waals surface area contributed by atoms with E-state index in [9.17, 15) is 9.59 Å². The Labute approximate surface area is 148 Å². The number of benzene rings is 1. The highest BCUT2D eigenvalue weighted by Gasteiger charge is 2.46. The summed E-state index contributed by atoms with van der Waals surface area (Å²) in [5, 5.41) is 0. The van der Waals surface area contributed by atoms with E-state index in [1.165, 1.54) is 18.1 Å². The molecule has 0 N–H and O–H groups in total. The number of fused-ring (bicyclic) bond motifs is 2. The summed E-state index contributed by atoms with van der Waals surface area (Å²) < 4.78 is 5.28. The minimum Gasteiger partial charge on any atom is -0.466 e. The van der Waals surface area contributed by atoms with Gasteiger partial charge in [-0.1, -0.05) is 12.1 Å². The first-order chi connectivity index (χ1) is 12.0. The fraction of sp³-hybridized carbons (Fsp3) is 0.600. The van der Waals surface area contributed by atoms with Crippen LogP contribution in [0.15, 0.2) is 18.2 Å². The molecular weight excluding hydrogens is 316 g/mol. The maximum absolute atomic E-state index is 12.0. The van der Waals surface area contributed by atoms with E-state index in [0.29, 0.717) is 30.4 Å². The van der Waals surface area contributed by atoms with Crippen molar-refractivity contribution in [3.8, 4) is 0 Å². The smallest absolute Gasteiger partial charge is 0.302 e. The quantitative estimate of drug-likeness (QED) is 0.775. The number of amides is 1. The van der Waals surface area contributed by atoms with Gasteiger partial charge in [0.2, 0.25) is 5.91 Å². The molecule has 1 saturated heterocycles. The van der Waals surface area contributed by atoms with Gasteiger partial charge in [0.05, 0.1) is 6.61 Å². The summed E-state index contributed by atoms with van der Waals surface area (Å²) >= 11 is 0. The lowest BCUT2D eigenvalue weighted by molar-refractivity contribution is -0.143. The SMILES string of the molecule is CC(=O)OCC1CC2c3cccc4c3C(C[C@H]2N(C)C1)CN4C(C)=O. The minimum atomic E-state index is -0.203. The maximum atomic E-state index is 12.0. The number of carbonyl (C=O) groups excluding carboxylic acids is 2. The molecule has 1 fully saturated rings. The number of hydrogen-bond acceptors (Lipinski definition) is 4. The van der Waals surface area contributed by atoms with Crippen LogP contribution in [0.25, 0.3) is 0 Å². The molecule has 0 aromatic heterocycles. The first-order valence-electron chi connectivity index (χ1n) is 9.20. The summed E-state index contributed by atoms with van der Waals surface area (Å²) in [6, 6.07) is 6.93. The van der Waals surface area contributed by atoms with Crippen molar-refractivity contribution in [3.05, 3.63) is 29.3 Å². The second-order valence-corrected chi connectivity index (χ2v) is 7.86. The molecule has 3 aliphatic rings. The number of anilines is 1. The first kappa shape index (κ1) is 16.6. The Morgan fingerprint density at radius 1 is 1.20 bits per heavy atom. The highest BCUT2D eigenvalue weighted by Crippen LogP contribution is 2.52. The molecule has 134 valence electrons. The summed E-state index contributed by atoms with van der Waals surface area (Å²) in [4.78, 5) is 27.6. The molecule has 1 amide bonds. The van der Waals surface area contributed by atoms with Gasteiger partial charge in [-0.2, -0.15) is 0 Å². The Morgan fingerprint density at radius 3 is 2.72 bits per heavy atom. The third-order valence-corrected chi connectivity index (χ3v) is 6.21. The van der Waals surface area contributed by atoms with Crippen LogP contribution in [-0.4, -0.2) is 49.6 Å². The van der Waals surface area contributed by atoms with E-state index in [4.69, 9.17) is 4.74 Å². The second kappa shape index (κ2) is 6.13. The van der Waals surface area contributed by atoms with Crippen LogP contribution in [0.1, 0.15) is 49.7 Å². The molecule has 1 aromatic carbocycles. The monoisotopic (exact) mass is 342 g/mol. The number of likely N-dealkylation sites (tertiary alicyclic amines) is 1. The fourth-order valence-electron chi connectivity index (χ4n) is 5.24. The Balaban J connectivity index is 1.66. The Morgan fingerprint density at radius 2 is 2.00 bits per heavy atom. The number of esters is 1. The molecule has 5 nitrogen and oxygen atoms in total. The van der Waals surface area contributed by atoms with Crippen LogP contribution in [0.2, 0.25) is 0 Å². The first-order valence-corrected chi connectivity index (χ1v) is 9.20. The van der Waals surface area contributed by atoms with Gasteiger partial charge in [-0.05, 0) is 37.1 Å². The largest absolute Gasteiger partial charge is 0.466 e. The third kappa shape index (κ3) is 2.74. The molecule has 0 bridgehead atoms. The summed E-state index contributed by atoms with van der Waals surface area (Å²) in [6.07, 6.45) is 2.15. The highest BCUT2D eigenvalue weighted by atomic mass is 16.5. The molecule has 2 aliphatic heterocycles. The van der Waals surface area contributed by atoms with Crippen LogP contribution in [0.4, 0.5) is 5.69 Å². The van der Waals surface area contributed by atoms with Gasteiger partial charge in [-0.3, -0.25) is 9.59 Å². The average Bonchev–Trinajstić information content (AvgIpc) is 2.94. The van der Waals surface area contributed by atoms with Crippen LogP contribution < -0.4 is 4.90 Å². The number of rotatable bonds is 2. The van der Waals surface area contributed by atoms with Crippen LogP contribution in [-0.2, 0) is 14.3 Å². The molecule has 2 heterocycles. The van der Waals surface area contributed by atoms with Crippen molar-refractivity contribution < 1.29 is 14.3 Å². The van der Waals surface area contributed by atoms with Crippen molar-refractivity contribution in [1.82, 2.24) is 4.90 Å². The van der Waals surface area contributed by atoms with Crippen molar-refractivity contribution in [3.63, 3.8) is 0 Å². The van der Waals surface area contributed by atoms with E-state index in [1.807, 2.05) is 4.90 Å². The zero-order valence-corrected chi connectivity index (χ0v) is 15.2. The van der Waals surface area contributed by atoms with Gasteiger partial charge < -0.3 is 14.5 Å². The molecule has 1 aromatic rings. The van der Waals surface area contributed by atoms with E-state index in [0.717, 1.165) is 31.6 Å². The second-order valence-electron chi connectivity index (χ2n) is 7.86. The fourth-order valence-corrected chi connectivity index (χ4v) is 5.24. The third-order valence-electron chi connectivity index (χ3n) is 6.21. The number of nitrogens with zero attached hydrogens (tertiary/aromatic N) is 2. The molecular formula is C20H26N2O3. The zero-order valence-electron chi connectivity index (χ0n) is 15.2. The van der Waals surface area contributed by atoms with Gasteiger partial charge in [0, 0.05) is 56.4 Å². The van der Waals surface area contributed by atoms with Crippen molar-refractivity contribution in [2.45, 2.75) is 44.6 Å². The van der Waals surface area contributed by atoms with Gasteiger partial charge >= 0.3 is 5.97 Å². The van der Waals surface area contributed by atoms with Crippen LogP contribution in [0.3, 0.4) is 0 Å². The average molecular weight is 342 g/mol. The number of ether oxygens (including phenoxy) is 1. The van der Waals surface area contributed by atoms with E-state index in [-0.39, 0.29) is 11.9 Å². The molecule has 5 heteroatoms. The van der Waals surface area contributed by atoms with Crippen LogP contribution in [0, 0.1) is 5.92 Å². The molecule has 3 unspecified atom stereocenters. The van der Waals surface area contributed by atoms with Gasteiger partial charge in [0.25, 0.3) is 0 Å². The molecule has 1 aliphatic carbocycles. The number of piperidine rings is 1. The predicted molar refractivity (Wildman–Crippen MR) is 95.7 cm³/mol. The minimum absolute atomic E-state index is 0.131. The van der Waals surface area contributed by atoms with Crippen LogP contribution >= 0.6 is 0 Å². The van der Waals surface area contributed by atoms with Gasteiger partial charge in [-0.15, -0.1) is 0 Å². The topological polar surface area (TPSA) is 49.9 Å². The Kier molecular flexibility index (Phi) is 4.07. The standard InChI is InChI=1S/C20H26N2O3/c1-12(23)22-10-15-8-19-17(16-5-4-6-18(22)20(15)16)7-14(9-21(19)3)11-25-13(2)24/h4-6,14-15,17,19H,7-11H2,1-3H3/t14?,15?,17?,19-/m1/s1. The van der Waals surface area contributed by atoms with E-state index in [2.05, 4.69) is 30.1 Å². The van der Waals surface area contributed by atoms with Gasteiger partial charge in [0.1, 0.15) is 0 Å². The van der Waals surface area contributed by atoms with Gasteiger partial charge in [-0.25, -0.2) is 0 Å². The van der Waals surface area contributed by atoms with Crippen molar-refractivity contribution in [1.29, 1.82) is 0 Å². The predicted octanol–water partition coefficient (Wildman–Crippen LogP) is 2.51. The molecule has 4 rings (SSSR count). The summed E-state index contributed by atoms with van der Waals surface area (Å²) in [5.41, 5.74) is 3.90. The normalized spacial score (nSPS) is 30.6. The number of likely N-dealkylation sites (N-methyl/N-ethyl adjacent to an activating group) is 1. The molecule has 0 saturated carbocycles. The van der Waals surface area contributed by atoms with Gasteiger partial charge in [0.15, 0.2) is 0 Å². The number of hydrogen-bond donors (Lipinski definition) is 0. The lowest BCUT2D eigenvalue weighted by Gasteiger charge is -2.47. The Hall–Kier alpha value is -1.88. The van der Waals surface area contributed by atoms with E-state index < -0.39 is 0 Å². The summed E-state index contributed by atoms with van der Waals surface area (Å²) in [6.45, 7) is 5.41. The lowest BCUT2D eigenvalue weighted by Crippen LogP contribution is -2.49. The van der Waals surface area contributed by atoms with E-state index >= 15 is 0 Å². The van der Waals surface area contributed by atoms with Crippen molar-refractivity contribution in [2.75, 3.05) is 31.6 Å². The van der Waals surface area contributed by atoms with Crippen molar-refractivity contribution in [2.24, 2.45) is 5.92 Å². The van der Waals surface area contributed by atoms with Crippen molar-refractivity contribution >= 4 is 17.6 Å². The van der Waals surface area contributed by atoms with Crippen LogP contribution in [0.5, 0.6) is 0 Å². The van der Waals surface area contributed by atoms with E-state index in [1.54, 1.807) is 6.92 Å². The molecule has 25 heavy (non-hydrogen) atoms. The molecule has 0 spiro atoms. The lowest BCUT2D eigenvalue weighted by atomic mass is 9.69. The number of carbonyl (C=O) groups is 2. The molecule has 0 radical (unpaired) electrons. The maximum Gasteiger partial charge on any atom is 0.302 e.